The predicted molar refractivity (Wildman–Crippen MR) is 58.1 cm³/mol. The Bertz CT molecular complexity index is 294. The second-order valence-corrected chi connectivity index (χ2v) is 3.72. The minimum absolute atomic E-state index is 0.00319. The number of aromatic nitrogens is 2. The molecule has 0 saturated heterocycles. The highest BCUT2D eigenvalue weighted by molar-refractivity contribution is 5.78. The van der Waals surface area contributed by atoms with Crippen molar-refractivity contribution in [2.75, 3.05) is 6.54 Å². The summed E-state index contributed by atoms with van der Waals surface area (Å²) < 4.78 is 0. The molecule has 0 aromatic carbocycles. The van der Waals surface area contributed by atoms with E-state index in [-0.39, 0.29) is 17.9 Å². The third-order valence-electron chi connectivity index (χ3n) is 2.42. The fraction of sp³-hybridized carbons (Fsp3) is 0.600. The van der Waals surface area contributed by atoms with Gasteiger partial charge in [-0.25, -0.2) is 4.98 Å². The van der Waals surface area contributed by atoms with Crippen molar-refractivity contribution in [3.05, 3.63) is 18.2 Å². The fourth-order valence-corrected chi connectivity index (χ4v) is 1.14. The van der Waals surface area contributed by atoms with E-state index in [1.165, 1.54) is 0 Å². The minimum Gasteiger partial charge on any atom is -0.355 e. The zero-order valence-electron chi connectivity index (χ0n) is 9.16. The van der Waals surface area contributed by atoms with Gasteiger partial charge in [0.25, 0.3) is 0 Å². The van der Waals surface area contributed by atoms with Crippen molar-refractivity contribution in [2.45, 2.75) is 26.3 Å². The van der Waals surface area contributed by atoms with Crippen molar-refractivity contribution < 1.29 is 4.79 Å². The number of carbonyl (C=O) groups excluding carboxylic acids is 1. The van der Waals surface area contributed by atoms with Crippen LogP contribution >= 0.6 is 0 Å². The van der Waals surface area contributed by atoms with Gasteiger partial charge in [-0.15, -0.1) is 0 Å². The lowest BCUT2D eigenvalue weighted by atomic mass is 10.0. The van der Waals surface area contributed by atoms with Gasteiger partial charge in [-0.05, 0) is 6.92 Å². The molecule has 0 bridgehead atoms. The smallest absolute Gasteiger partial charge is 0.224 e. The topological polar surface area (TPSA) is 83.8 Å². The summed E-state index contributed by atoms with van der Waals surface area (Å²) in [5.41, 5.74) is 5.62. The summed E-state index contributed by atoms with van der Waals surface area (Å²) in [5, 5.41) is 2.82. The Labute approximate surface area is 89.5 Å². The molecule has 0 aliphatic carbocycles. The first-order valence-electron chi connectivity index (χ1n) is 5.13. The van der Waals surface area contributed by atoms with Gasteiger partial charge in [0, 0.05) is 37.3 Å². The lowest BCUT2D eigenvalue weighted by Gasteiger charge is -2.14. The van der Waals surface area contributed by atoms with Gasteiger partial charge in [0.2, 0.25) is 5.91 Å². The molecule has 2 atom stereocenters. The SMILES string of the molecule is CC(N)C(C)C(=O)NCCc1ncc[nH]1. The quantitative estimate of drug-likeness (QED) is 0.642. The highest BCUT2D eigenvalue weighted by Crippen LogP contribution is 1.99. The molecule has 1 amide bonds. The van der Waals surface area contributed by atoms with Crippen LogP contribution in [0, 0.1) is 5.92 Å². The zero-order valence-corrected chi connectivity index (χ0v) is 9.16. The number of nitrogens with zero attached hydrogens (tertiary/aromatic N) is 1. The number of carbonyl (C=O) groups is 1. The predicted octanol–water partition coefficient (Wildman–Crippen LogP) is 0.0517. The van der Waals surface area contributed by atoms with Crippen molar-refractivity contribution in [3.63, 3.8) is 0 Å². The Kier molecular flexibility index (Phi) is 4.30. The first-order valence-corrected chi connectivity index (χ1v) is 5.13. The summed E-state index contributed by atoms with van der Waals surface area (Å²) in [6, 6.07) is -0.117. The van der Waals surface area contributed by atoms with E-state index in [1.807, 2.05) is 13.8 Å². The average molecular weight is 210 g/mol. The van der Waals surface area contributed by atoms with Crippen LogP contribution in [0.3, 0.4) is 0 Å². The van der Waals surface area contributed by atoms with E-state index in [0.29, 0.717) is 13.0 Å². The lowest BCUT2D eigenvalue weighted by Crippen LogP contribution is -2.39. The molecule has 0 saturated carbocycles. The van der Waals surface area contributed by atoms with Crippen molar-refractivity contribution in [2.24, 2.45) is 11.7 Å². The third kappa shape index (κ3) is 3.71. The molecule has 5 nitrogen and oxygen atoms in total. The number of H-pyrrole nitrogens is 1. The van der Waals surface area contributed by atoms with E-state index < -0.39 is 0 Å². The van der Waals surface area contributed by atoms with Crippen LogP contribution in [0.25, 0.3) is 0 Å². The normalized spacial score (nSPS) is 14.6. The number of nitrogens with one attached hydrogen (secondary N) is 2. The first-order chi connectivity index (χ1) is 7.11. The number of nitrogens with two attached hydrogens (primary N) is 1. The van der Waals surface area contributed by atoms with Crippen LogP contribution in [0.5, 0.6) is 0 Å². The average Bonchev–Trinajstić information content (AvgIpc) is 2.69. The molecule has 1 heterocycles. The lowest BCUT2D eigenvalue weighted by molar-refractivity contribution is -0.124. The Hall–Kier alpha value is -1.36. The van der Waals surface area contributed by atoms with E-state index in [9.17, 15) is 4.79 Å². The van der Waals surface area contributed by atoms with Crippen LogP contribution in [0.1, 0.15) is 19.7 Å². The zero-order chi connectivity index (χ0) is 11.3. The van der Waals surface area contributed by atoms with Gasteiger partial charge >= 0.3 is 0 Å². The second-order valence-electron chi connectivity index (χ2n) is 3.72. The molecule has 2 unspecified atom stereocenters. The Morgan fingerprint density at radius 3 is 2.93 bits per heavy atom. The maximum Gasteiger partial charge on any atom is 0.224 e. The maximum absolute atomic E-state index is 11.5. The molecule has 0 fully saturated rings. The molecule has 0 spiro atoms. The molecular weight excluding hydrogens is 192 g/mol. The Balaban J connectivity index is 2.23. The third-order valence-corrected chi connectivity index (χ3v) is 2.42. The molecular formula is C10H18N4O. The van der Waals surface area contributed by atoms with Crippen molar-refractivity contribution in [3.8, 4) is 0 Å². The number of rotatable bonds is 5. The van der Waals surface area contributed by atoms with Crippen LogP contribution in [0.15, 0.2) is 12.4 Å². The maximum atomic E-state index is 11.5. The Morgan fingerprint density at radius 2 is 2.40 bits per heavy atom. The molecule has 0 aliphatic rings. The van der Waals surface area contributed by atoms with Gasteiger partial charge in [-0.3, -0.25) is 4.79 Å². The van der Waals surface area contributed by atoms with Crippen LogP contribution in [0.4, 0.5) is 0 Å². The van der Waals surface area contributed by atoms with Gasteiger partial charge < -0.3 is 16.0 Å². The highest BCUT2D eigenvalue weighted by Gasteiger charge is 2.16. The van der Waals surface area contributed by atoms with Gasteiger partial charge in [0.05, 0.1) is 0 Å². The van der Waals surface area contributed by atoms with Gasteiger partial charge in [0.15, 0.2) is 0 Å². The number of hydrogen-bond donors (Lipinski definition) is 3. The monoisotopic (exact) mass is 210 g/mol. The molecule has 15 heavy (non-hydrogen) atoms. The van der Waals surface area contributed by atoms with E-state index in [0.717, 1.165) is 5.82 Å². The van der Waals surface area contributed by atoms with Crippen LogP contribution in [-0.2, 0) is 11.2 Å². The number of imidazole rings is 1. The molecule has 0 aliphatic heterocycles. The summed E-state index contributed by atoms with van der Waals surface area (Å²) in [7, 11) is 0. The minimum atomic E-state index is -0.151. The van der Waals surface area contributed by atoms with E-state index in [2.05, 4.69) is 15.3 Å². The molecule has 1 aromatic rings. The van der Waals surface area contributed by atoms with Crippen molar-refractivity contribution >= 4 is 5.91 Å². The summed E-state index contributed by atoms with van der Waals surface area (Å²) in [6.45, 7) is 4.24. The summed E-state index contributed by atoms with van der Waals surface area (Å²) in [6.07, 6.45) is 4.17. The van der Waals surface area contributed by atoms with E-state index in [1.54, 1.807) is 12.4 Å². The standard InChI is InChI=1S/C10H18N4O/c1-7(8(2)11)10(15)14-4-3-9-12-5-6-13-9/h5-8H,3-4,11H2,1-2H3,(H,12,13)(H,14,15). The second kappa shape index (κ2) is 5.50. The molecule has 1 aromatic heterocycles. The van der Waals surface area contributed by atoms with Crippen LogP contribution in [0.2, 0.25) is 0 Å². The van der Waals surface area contributed by atoms with E-state index in [4.69, 9.17) is 5.73 Å². The summed E-state index contributed by atoms with van der Waals surface area (Å²) >= 11 is 0. The molecule has 5 heteroatoms. The number of aromatic amines is 1. The largest absolute Gasteiger partial charge is 0.355 e. The van der Waals surface area contributed by atoms with Crippen molar-refractivity contribution in [1.29, 1.82) is 0 Å². The number of hydrogen-bond acceptors (Lipinski definition) is 3. The van der Waals surface area contributed by atoms with Crippen LogP contribution < -0.4 is 11.1 Å². The molecule has 84 valence electrons. The summed E-state index contributed by atoms with van der Waals surface area (Å²) in [4.78, 5) is 18.5. The van der Waals surface area contributed by atoms with Gasteiger partial charge in [-0.1, -0.05) is 6.92 Å². The van der Waals surface area contributed by atoms with Crippen molar-refractivity contribution in [1.82, 2.24) is 15.3 Å². The summed E-state index contributed by atoms with van der Waals surface area (Å²) in [5.74, 6) is 0.724. The van der Waals surface area contributed by atoms with E-state index >= 15 is 0 Å². The van der Waals surface area contributed by atoms with Crippen LogP contribution in [-0.4, -0.2) is 28.5 Å². The molecule has 0 radical (unpaired) electrons. The molecule has 4 N–H and O–H groups in total. The highest BCUT2D eigenvalue weighted by atomic mass is 16.1. The molecule has 1 rings (SSSR count). The number of amides is 1. The fourth-order valence-electron chi connectivity index (χ4n) is 1.14. The van der Waals surface area contributed by atoms with Gasteiger partial charge in [-0.2, -0.15) is 0 Å². The van der Waals surface area contributed by atoms with Gasteiger partial charge in [0.1, 0.15) is 5.82 Å². The first kappa shape index (κ1) is 11.7. The Morgan fingerprint density at radius 1 is 1.67 bits per heavy atom.